The van der Waals surface area contributed by atoms with E-state index in [4.69, 9.17) is 0 Å². The quantitative estimate of drug-likeness (QED) is 0.197. The molecule has 3 nitrogen and oxygen atoms in total. The van der Waals surface area contributed by atoms with E-state index in [0.717, 1.165) is 113 Å². The number of carbonyl (C=O) groups excluding carboxylic acids is 1. The van der Waals surface area contributed by atoms with Crippen LogP contribution in [-0.4, -0.2) is 51.2 Å². The van der Waals surface area contributed by atoms with E-state index in [1.165, 1.54) is 0 Å². The summed E-state index contributed by atoms with van der Waals surface area (Å²) in [6.07, 6.45) is 14.2. The summed E-state index contributed by atoms with van der Waals surface area (Å²) < 4.78 is 0. The summed E-state index contributed by atoms with van der Waals surface area (Å²) in [5.41, 5.74) is 0. The molecule has 0 amide bonds. The Hall–Kier alpha value is 0.290. The van der Waals surface area contributed by atoms with Crippen LogP contribution in [0.5, 0.6) is 0 Å². The summed E-state index contributed by atoms with van der Waals surface area (Å²) >= 11 is 3.69. The fraction of sp³-hybridized carbons (Fsp3) is 0.957. The zero-order valence-electron chi connectivity index (χ0n) is 18.5. The van der Waals surface area contributed by atoms with Crippen molar-refractivity contribution in [2.45, 2.75) is 116 Å². The van der Waals surface area contributed by atoms with Gasteiger partial charge in [-0.05, 0) is 50.0 Å². The first-order valence-electron chi connectivity index (χ1n) is 11.6. The highest BCUT2D eigenvalue weighted by Gasteiger charge is 2.05. The SMILES string of the molecule is CCCCC(O)CSCCCCCC(=O)CCCCCSCC(O)CCCC. The molecule has 0 fully saturated rings. The Morgan fingerprint density at radius 2 is 1.11 bits per heavy atom. The molecule has 0 rings (SSSR count). The molecule has 0 aliphatic rings. The first-order chi connectivity index (χ1) is 13.6. The molecule has 0 heterocycles. The summed E-state index contributed by atoms with van der Waals surface area (Å²) in [6.45, 7) is 4.31. The molecule has 0 aromatic rings. The van der Waals surface area contributed by atoms with Crippen molar-refractivity contribution in [3.05, 3.63) is 0 Å². The maximum atomic E-state index is 11.9. The fourth-order valence-corrected chi connectivity index (χ4v) is 5.04. The van der Waals surface area contributed by atoms with Gasteiger partial charge in [0, 0.05) is 24.3 Å². The van der Waals surface area contributed by atoms with E-state index in [1.54, 1.807) is 0 Å². The van der Waals surface area contributed by atoms with Crippen LogP contribution in [0.3, 0.4) is 0 Å². The van der Waals surface area contributed by atoms with Crippen LogP contribution in [0.15, 0.2) is 0 Å². The fourth-order valence-electron chi connectivity index (χ4n) is 3.02. The van der Waals surface area contributed by atoms with Gasteiger partial charge < -0.3 is 10.2 Å². The minimum atomic E-state index is -0.143. The molecule has 0 aromatic carbocycles. The van der Waals surface area contributed by atoms with Crippen molar-refractivity contribution in [1.82, 2.24) is 0 Å². The molecule has 0 radical (unpaired) electrons. The molecule has 0 saturated carbocycles. The molecule has 0 aliphatic carbocycles. The molecule has 168 valence electrons. The number of ketones is 1. The first kappa shape index (κ1) is 28.3. The van der Waals surface area contributed by atoms with Crippen molar-refractivity contribution >= 4 is 29.3 Å². The van der Waals surface area contributed by atoms with E-state index in [9.17, 15) is 15.0 Å². The van der Waals surface area contributed by atoms with Gasteiger partial charge in [0.15, 0.2) is 0 Å². The number of unbranched alkanes of at least 4 members (excludes halogenated alkanes) is 6. The maximum absolute atomic E-state index is 11.9. The van der Waals surface area contributed by atoms with Crippen LogP contribution in [0.4, 0.5) is 0 Å². The Balaban J connectivity index is 3.29. The van der Waals surface area contributed by atoms with Crippen molar-refractivity contribution in [2.75, 3.05) is 23.0 Å². The second-order valence-electron chi connectivity index (χ2n) is 7.90. The minimum Gasteiger partial charge on any atom is -0.392 e. The van der Waals surface area contributed by atoms with Crippen LogP contribution < -0.4 is 0 Å². The molecule has 0 saturated heterocycles. The monoisotopic (exact) mass is 434 g/mol. The van der Waals surface area contributed by atoms with Crippen LogP contribution >= 0.6 is 23.5 Å². The van der Waals surface area contributed by atoms with E-state index >= 15 is 0 Å². The van der Waals surface area contributed by atoms with E-state index in [1.807, 2.05) is 23.5 Å². The number of carbonyl (C=O) groups is 1. The third-order valence-corrected chi connectivity index (χ3v) is 7.29. The second-order valence-corrected chi connectivity index (χ2v) is 10.2. The van der Waals surface area contributed by atoms with Gasteiger partial charge in [-0.2, -0.15) is 23.5 Å². The van der Waals surface area contributed by atoms with Crippen LogP contribution in [0.2, 0.25) is 0 Å². The average Bonchev–Trinajstić information content (AvgIpc) is 2.69. The number of hydrogen-bond acceptors (Lipinski definition) is 5. The summed E-state index contributed by atoms with van der Waals surface area (Å²) in [5, 5.41) is 19.6. The lowest BCUT2D eigenvalue weighted by Crippen LogP contribution is -2.09. The van der Waals surface area contributed by atoms with Crippen molar-refractivity contribution < 1.29 is 15.0 Å². The van der Waals surface area contributed by atoms with Crippen molar-refractivity contribution in [3.63, 3.8) is 0 Å². The van der Waals surface area contributed by atoms with E-state index < -0.39 is 0 Å². The van der Waals surface area contributed by atoms with E-state index in [2.05, 4.69) is 13.8 Å². The number of thioether (sulfide) groups is 2. The molecular weight excluding hydrogens is 388 g/mol. The number of hydrogen-bond donors (Lipinski definition) is 2. The predicted molar refractivity (Wildman–Crippen MR) is 128 cm³/mol. The van der Waals surface area contributed by atoms with Gasteiger partial charge in [0.1, 0.15) is 5.78 Å². The molecule has 0 aliphatic heterocycles. The van der Waals surface area contributed by atoms with Gasteiger partial charge in [0.25, 0.3) is 0 Å². The van der Waals surface area contributed by atoms with Gasteiger partial charge >= 0.3 is 0 Å². The lowest BCUT2D eigenvalue weighted by Gasteiger charge is -2.09. The van der Waals surface area contributed by atoms with Gasteiger partial charge in [0.2, 0.25) is 0 Å². The number of rotatable bonds is 22. The van der Waals surface area contributed by atoms with Crippen molar-refractivity contribution in [2.24, 2.45) is 0 Å². The van der Waals surface area contributed by atoms with Crippen LogP contribution in [0.25, 0.3) is 0 Å². The summed E-state index contributed by atoms with van der Waals surface area (Å²) in [4.78, 5) is 11.9. The zero-order valence-corrected chi connectivity index (χ0v) is 20.1. The molecule has 0 aromatic heterocycles. The Morgan fingerprint density at radius 3 is 1.50 bits per heavy atom. The molecule has 2 unspecified atom stereocenters. The lowest BCUT2D eigenvalue weighted by molar-refractivity contribution is -0.119. The predicted octanol–water partition coefficient (Wildman–Crippen LogP) is 6.24. The Labute approximate surface area is 183 Å². The molecule has 28 heavy (non-hydrogen) atoms. The summed E-state index contributed by atoms with van der Waals surface area (Å²) in [5.74, 6) is 4.33. The Morgan fingerprint density at radius 1 is 0.679 bits per heavy atom. The Bertz CT molecular complexity index is 310. The van der Waals surface area contributed by atoms with Gasteiger partial charge in [0.05, 0.1) is 12.2 Å². The second kappa shape index (κ2) is 22.0. The summed E-state index contributed by atoms with van der Waals surface area (Å²) in [7, 11) is 0. The molecule has 2 N–H and O–H groups in total. The van der Waals surface area contributed by atoms with Crippen LogP contribution in [0.1, 0.15) is 104 Å². The van der Waals surface area contributed by atoms with Crippen molar-refractivity contribution in [3.8, 4) is 0 Å². The highest BCUT2D eigenvalue weighted by Crippen LogP contribution is 2.14. The number of aliphatic hydroxyl groups is 2. The van der Waals surface area contributed by atoms with E-state index in [-0.39, 0.29) is 12.2 Å². The first-order valence-corrected chi connectivity index (χ1v) is 13.9. The molecular formula is C23H46O3S2. The third-order valence-electron chi connectivity index (χ3n) is 4.89. The number of Topliss-reactive ketones (excluding diaryl/α,β-unsaturated/α-hetero) is 1. The number of aliphatic hydroxyl groups excluding tert-OH is 2. The van der Waals surface area contributed by atoms with Gasteiger partial charge in [-0.15, -0.1) is 0 Å². The molecule has 2 atom stereocenters. The molecule has 5 heteroatoms. The van der Waals surface area contributed by atoms with Gasteiger partial charge in [-0.1, -0.05) is 52.4 Å². The highest BCUT2D eigenvalue weighted by atomic mass is 32.2. The molecule has 0 spiro atoms. The van der Waals surface area contributed by atoms with Crippen LogP contribution in [-0.2, 0) is 4.79 Å². The average molecular weight is 435 g/mol. The topological polar surface area (TPSA) is 57.5 Å². The largest absolute Gasteiger partial charge is 0.392 e. The van der Waals surface area contributed by atoms with Gasteiger partial charge in [-0.3, -0.25) is 4.79 Å². The highest BCUT2D eigenvalue weighted by molar-refractivity contribution is 7.99. The van der Waals surface area contributed by atoms with Gasteiger partial charge in [-0.25, -0.2) is 0 Å². The van der Waals surface area contributed by atoms with Crippen molar-refractivity contribution in [1.29, 1.82) is 0 Å². The standard InChI is InChI=1S/C23H46O3S2/c1-3-5-13-22(25)19-27-17-11-7-9-15-21(24)16-10-8-12-18-28-20-23(26)14-6-4-2/h22-23,25-26H,3-20H2,1-2H3. The third kappa shape index (κ3) is 21.0. The summed E-state index contributed by atoms with van der Waals surface area (Å²) in [6, 6.07) is 0. The Kier molecular flexibility index (Phi) is 22.2. The molecule has 0 bridgehead atoms. The van der Waals surface area contributed by atoms with Crippen LogP contribution in [0, 0.1) is 0 Å². The lowest BCUT2D eigenvalue weighted by atomic mass is 10.1. The minimum absolute atomic E-state index is 0.143. The maximum Gasteiger partial charge on any atom is 0.132 e. The zero-order chi connectivity index (χ0) is 20.9. The smallest absolute Gasteiger partial charge is 0.132 e. The normalized spacial score (nSPS) is 13.6. The van der Waals surface area contributed by atoms with E-state index in [0.29, 0.717) is 5.78 Å².